The van der Waals surface area contributed by atoms with Crippen LogP contribution in [0.3, 0.4) is 0 Å². The molecule has 45 heavy (non-hydrogen) atoms. The second-order valence-corrected chi connectivity index (χ2v) is 10.1. The average Bonchev–Trinajstić information content (AvgIpc) is 3.44. The Bertz CT molecular complexity index is 1640. The molecule has 14 heteroatoms. The molecule has 1 atom stereocenters. The third-order valence-electron chi connectivity index (χ3n) is 7.56. The molecule has 0 spiro atoms. The van der Waals surface area contributed by atoms with Crippen molar-refractivity contribution in [3.05, 3.63) is 95.8 Å². The Morgan fingerprint density at radius 2 is 1.64 bits per heavy atom. The summed E-state index contributed by atoms with van der Waals surface area (Å²) in [4.78, 5) is 21.2. The molecule has 4 aromatic rings. The normalized spacial score (nSPS) is 15.0. The number of piperazine rings is 1. The summed E-state index contributed by atoms with van der Waals surface area (Å²) in [6, 6.07) is 10.3. The van der Waals surface area contributed by atoms with Gasteiger partial charge >= 0.3 is 12.4 Å². The van der Waals surface area contributed by atoms with Gasteiger partial charge in [-0.15, -0.1) is 13.2 Å². The van der Waals surface area contributed by atoms with Gasteiger partial charge in [0.25, 0.3) is 5.91 Å². The molecule has 1 aliphatic heterocycles. The Kier molecular flexibility index (Phi) is 9.88. The van der Waals surface area contributed by atoms with E-state index in [2.05, 4.69) is 23.2 Å². The quantitative estimate of drug-likeness (QED) is 0.206. The zero-order chi connectivity index (χ0) is 33.1. The second kappa shape index (κ2) is 13.3. The zero-order valence-electron chi connectivity index (χ0n) is 24.5. The molecule has 3 heterocycles. The van der Waals surface area contributed by atoms with E-state index in [1.165, 1.54) is 31.1 Å². The van der Waals surface area contributed by atoms with Gasteiger partial charge in [-0.05, 0) is 48.9 Å². The van der Waals surface area contributed by atoms with E-state index in [0.717, 1.165) is 18.3 Å². The fraction of sp³-hybridized carbons (Fsp3) is 0.323. The molecule has 0 unspecified atom stereocenters. The molecule has 1 amide bonds. The molecule has 1 N–H and O–H groups in total. The first kappa shape index (κ1) is 33.5. The van der Waals surface area contributed by atoms with Crippen LogP contribution in [0.4, 0.5) is 26.3 Å². The van der Waals surface area contributed by atoms with Crippen molar-refractivity contribution >= 4 is 11.6 Å². The minimum absolute atomic E-state index is 0.0359. The maximum absolute atomic E-state index is 14.2. The summed E-state index contributed by atoms with van der Waals surface area (Å²) in [5.41, 5.74) is -1.72. The summed E-state index contributed by atoms with van der Waals surface area (Å²) in [7, 11) is 1.46. The van der Waals surface area contributed by atoms with Crippen LogP contribution in [0.15, 0.2) is 67.9 Å². The number of aromatic nitrogens is 3. The summed E-state index contributed by atoms with van der Waals surface area (Å²) in [6.07, 6.45) is -8.28. The highest BCUT2D eigenvalue weighted by molar-refractivity contribution is 6.00. The summed E-state index contributed by atoms with van der Waals surface area (Å²) in [5, 5.41) is 13.9. The molecule has 0 bridgehead atoms. The van der Waals surface area contributed by atoms with Gasteiger partial charge in [0.15, 0.2) is 11.3 Å². The molecule has 1 saturated heterocycles. The van der Waals surface area contributed by atoms with Crippen LogP contribution in [0.2, 0.25) is 0 Å². The molecule has 2 aromatic carbocycles. The van der Waals surface area contributed by atoms with Gasteiger partial charge in [0.2, 0.25) is 0 Å². The van der Waals surface area contributed by atoms with Crippen LogP contribution in [0.25, 0.3) is 16.9 Å². The molecule has 240 valence electrons. The molecule has 0 radical (unpaired) electrons. The molecule has 2 aromatic heterocycles. The maximum atomic E-state index is 14.2. The number of alkyl halides is 6. The van der Waals surface area contributed by atoms with Gasteiger partial charge in [-0.3, -0.25) is 9.69 Å². The molecule has 8 nitrogen and oxygen atoms in total. The number of amides is 1. The van der Waals surface area contributed by atoms with Crippen molar-refractivity contribution in [3.8, 4) is 17.0 Å². The van der Waals surface area contributed by atoms with E-state index >= 15 is 0 Å². The maximum Gasteiger partial charge on any atom is 0.433 e. The van der Waals surface area contributed by atoms with Crippen LogP contribution in [-0.4, -0.2) is 75.3 Å². The van der Waals surface area contributed by atoms with Crippen LogP contribution < -0.4 is 4.74 Å². The molecule has 0 aliphatic carbocycles. The van der Waals surface area contributed by atoms with Crippen molar-refractivity contribution in [2.75, 3.05) is 39.9 Å². The number of fused-ring (bicyclic) bond motifs is 1. The predicted octanol–water partition coefficient (Wildman–Crippen LogP) is 6.04. The number of hydrogen-bond acceptors (Lipinski definition) is 6. The average molecular weight is 636 g/mol. The van der Waals surface area contributed by atoms with Gasteiger partial charge in [-0.1, -0.05) is 12.1 Å². The number of carbonyl (C=O) groups is 1. The highest BCUT2D eigenvalue weighted by atomic mass is 19.4. The molecule has 5 rings (SSSR count). The van der Waals surface area contributed by atoms with Gasteiger partial charge in [0.1, 0.15) is 11.3 Å². The zero-order valence-corrected chi connectivity index (χ0v) is 24.5. The topological polar surface area (TPSA) is 83.2 Å². The van der Waals surface area contributed by atoms with Crippen molar-refractivity contribution < 1.29 is 41.0 Å². The third kappa shape index (κ3) is 6.81. The van der Waals surface area contributed by atoms with Crippen LogP contribution in [-0.2, 0) is 12.4 Å². The first-order chi connectivity index (χ1) is 21.3. The van der Waals surface area contributed by atoms with E-state index in [1.807, 2.05) is 0 Å². The third-order valence-corrected chi connectivity index (χ3v) is 7.56. The second-order valence-electron chi connectivity index (χ2n) is 10.1. The summed E-state index contributed by atoms with van der Waals surface area (Å²) < 4.78 is 88.2. The van der Waals surface area contributed by atoms with Crippen molar-refractivity contribution in [2.45, 2.75) is 25.3 Å². The van der Waals surface area contributed by atoms with E-state index in [9.17, 15) is 36.2 Å². The lowest BCUT2D eigenvalue weighted by molar-refractivity contribution is -0.143. The number of halogens is 6. The van der Waals surface area contributed by atoms with Crippen molar-refractivity contribution in [3.63, 3.8) is 0 Å². The van der Waals surface area contributed by atoms with E-state index in [4.69, 9.17) is 4.74 Å². The van der Waals surface area contributed by atoms with Gasteiger partial charge in [0.05, 0.1) is 37.2 Å². The highest BCUT2D eigenvalue weighted by Gasteiger charge is 2.39. The Balaban J connectivity index is 0.00000226. The Morgan fingerprint density at radius 3 is 2.20 bits per heavy atom. The van der Waals surface area contributed by atoms with E-state index in [0.29, 0.717) is 15.8 Å². The minimum atomic E-state index is -4.80. The van der Waals surface area contributed by atoms with Gasteiger partial charge < -0.3 is 14.7 Å². The lowest BCUT2D eigenvalue weighted by atomic mass is 10.0. The molecular weight excluding hydrogens is 604 g/mol. The lowest BCUT2D eigenvalue weighted by Gasteiger charge is -2.39. The summed E-state index contributed by atoms with van der Waals surface area (Å²) in [5.74, 6) is -0.0752. The van der Waals surface area contributed by atoms with E-state index < -0.39 is 42.2 Å². The monoisotopic (exact) mass is 635 g/mol. The Hall–Kier alpha value is -4.43. The largest absolute Gasteiger partial charge is 0.497 e. The lowest BCUT2D eigenvalue weighted by Crippen LogP contribution is -2.50. The standard InChI is InChI=1S/C29H27F6N5O3.C2H4/c1-17-24(18-6-8-21(43-2)9-7-18)37-26-22(15-36-40(26)25(17)29(33,34)35)27(42)39-12-10-38(11-13-39)23(16-41)19-4-3-5-20(14-19)28(30,31)32;1-2/h3-9,14-15,23,41H,10-13,16H2,1-2H3;1-2H2/t23-;/m1./s1. The number of nitrogens with zero attached hydrogens (tertiary/aromatic N) is 5. The number of ether oxygens (including phenoxy) is 1. The number of aliphatic hydroxyl groups excluding tert-OH is 1. The van der Waals surface area contributed by atoms with Crippen LogP contribution in [0, 0.1) is 6.92 Å². The Morgan fingerprint density at radius 1 is 1.00 bits per heavy atom. The smallest absolute Gasteiger partial charge is 0.433 e. The number of hydrogen-bond donors (Lipinski definition) is 1. The number of carbonyl (C=O) groups excluding carboxylic acids is 1. The number of methoxy groups -OCH3 is 1. The number of aliphatic hydroxyl groups is 1. The van der Waals surface area contributed by atoms with Crippen molar-refractivity contribution in [1.82, 2.24) is 24.4 Å². The van der Waals surface area contributed by atoms with E-state index in [1.54, 1.807) is 29.2 Å². The fourth-order valence-electron chi connectivity index (χ4n) is 5.35. The highest BCUT2D eigenvalue weighted by Crippen LogP contribution is 2.37. The van der Waals surface area contributed by atoms with Crippen LogP contribution in [0.5, 0.6) is 5.75 Å². The van der Waals surface area contributed by atoms with E-state index in [-0.39, 0.29) is 54.2 Å². The predicted molar refractivity (Wildman–Crippen MR) is 155 cm³/mol. The minimum Gasteiger partial charge on any atom is -0.497 e. The first-order valence-corrected chi connectivity index (χ1v) is 13.7. The van der Waals surface area contributed by atoms with Crippen LogP contribution >= 0.6 is 0 Å². The number of rotatable bonds is 6. The molecule has 1 fully saturated rings. The summed E-state index contributed by atoms with van der Waals surface area (Å²) in [6.45, 7) is 7.51. The molecule has 0 saturated carbocycles. The molecular formula is C31H31F6N5O3. The van der Waals surface area contributed by atoms with Gasteiger partial charge in [-0.25, -0.2) is 9.50 Å². The van der Waals surface area contributed by atoms with Crippen molar-refractivity contribution in [1.29, 1.82) is 0 Å². The number of benzene rings is 2. The SMILES string of the molecule is C=C.COc1ccc(-c2nc3c(C(=O)N4CCN([C@H](CO)c5cccc(C(F)(F)F)c5)CC4)cnn3c(C(F)(F)F)c2C)cc1. The van der Waals surface area contributed by atoms with Gasteiger partial charge in [-0.2, -0.15) is 31.4 Å². The Labute approximate surface area is 255 Å². The van der Waals surface area contributed by atoms with Crippen molar-refractivity contribution in [2.24, 2.45) is 0 Å². The first-order valence-electron chi connectivity index (χ1n) is 13.7. The van der Waals surface area contributed by atoms with Gasteiger partial charge in [0, 0.05) is 37.3 Å². The molecule has 1 aliphatic rings. The summed E-state index contributed by atoms with van der Waals surface area (Å²) >= 11 is 0. The fourth-order valence-corrected chi connectivity index (χ4v) is 5.35. The van der Waals surface area contributed by atoms with Crippen LogP contribution in [0.1, 0.15) is 38.8 Å².